The number of hydrogen-bond acceptors (Lipinski definition) is 2. The molecule has 0 atom stereocenters. The summed E-state index contributed by atoms with van der Waals surface area (Å²) in [5.41, 5.74) is 1.41. The predicted molar refractivity (Wildman–Crippen MR) is 72.9 cm³/mol. The molecule has 3 nitrogen and oxygen atoms in total. The average Bonchev–Trinajstić information content (AvgIpc) is 2.40. The predicted octanol–water partition coefficient (Wildman–Crippen LogP) is 1.97. The van der Waals surface area contributed by atoms with Crippen molar-refractivity contribution >= 4 is 43.4 Å². The number of benzene rings is 1. The molecule has 0 saturated carbocycles. The molecule has 5 heteroatoms. The number of aromatic nitrogens is 1. The van der Waals surface area contributed by atoms with E-state index < -0.39 is 0 Å². The molecule has 2 rings (SSSR count). The standard InChI is InChI=1S/C12H9BrN2OSe/c13-17-12-10(7-4-8-14-12)11(16)15-9-5-2-1-3-6-9/h1-8H,(H,15,16). The van der Waals surface area contributed by atoms with Crippen LogP contribution in [0.5, 0.6) is 0 Å². The van der Waals surface area contributed by atoms with Crippen LogP contribution in [-0.2, 0) is 0 Å². The molecule has 0 unspecified atom stereocenters. The summed E-state index contributed by atoms with van der Waals surface area (Å²) >= 11 is 3.41. The van der Waals surface area contributed by atoms with Gasteiger partial charge in [0, 0.05) is 0 Å². The van der Waals surface area contributed by atoms with Gasteiger partial charge >= 0.3 is 113 Å². The number of nitrogens with zero attached hydrogens (tertiary/aromatic N) is 1. The second-order valence-electron chi connectivity index (χ2n) is 3.25. The van der Waals surface area contributed by atoms with Crippen LogP contribution in [0, 0.1) is 0 Å². The van der Waals surface area contributed by atoms with Crippen LogP contribution in [0.2, 0.25) is 0 Å². The van der Waals surface area contributed by atoms with Crippen LogP contribution >= 0.6 is 14.1 Å². The fraction of sp³-hybridized carbons (Fsp3) is 0. The number of para-hydroxylation sites is 1. The number of anilines is 1. The minimum absolute atomic E-state index is 0.0254. The fourth-order valence-electron chi connectivity index (χ4n) is 1.35. The molecule has 1 amide bonds. The van der Waals surface area contributed by atoms with E-state index >= 15 is 0 Å². The van der Waals surface area contributed by atoms with E-state index in [9.17, 15) is 4.79 Å². The fourth-order valence-corrected chi connectivity index (χ4v) is 3.41. The van der Waals surface area contributed by atoms with Gasteiger partial charge in [-0.25, -0.2) is 0 Å². The zero-order valence-electron chi connectivity index (χ0n) is 8.76. The monoisotopic (exact) mass is 356 g/mol. The first-order valence-electron chi connectivity index (χ1n) is 4.91. The third-order valence-electron chi connectivity index (χ3n) is 2.12. The molecule has 0 aliphatic carbocycles. The summed E-state index contributed by atoms with van der Waals surface area (Å²) < 4.78 is 0.799. The second-order valence-corrected chi connectivity index (χ2v) is 6.07. The minimum atomic E-state index is -0.124. The number of hydrogen-bond donors (Lipinski definition) is 1. The van der Waals surface area contributed by atoms with E-state index in [-0.39, 0.29) is 19.1 Å². The summed E-state index contributed by atoms with van der Waals surface area (Å²) in [6.07, 6.45) is 1.69. The quantitative estimate of drug-likeness (QED) is 0.855. The van der Waals surface area contributed by atoms with Gasteiger partial charge in [-0.3, -0.25) is 0 Å². The summed E-state index contributed by atoms with van der Waals surface area (Å²) in [7, 11) is 0. The van der Waals surface area contributed by atoms with Crippen molar-refractivity contribution in [2.24, 2.45) is 0 Å². The molecule has 1 aromatic carbocycles. The molecule has 0 fully saturated rings. The van der Waals surface area contributed by atoms with Gasteiger partial charge in [0.1, 0.15) is 0 Å². The normalized spacial score (nSPS) is 9.94. The van der Waals surface area contributed by atoms with Crippen LogP contribution in [0.1, 0.15) is 10.4 Å². The van der Waals surface area contributed by atoms with E-state index in [1.165, 1.54) is 0 Å². The first-order valence-corrected chi connectivity index (χ1v) is 9.78. The molecule has 0 radical (unpaired) electrons. The van der Waals surface area contributed by atoms with Crippen LogP contribution in [0.3, 0.4) is 0 Å². The molecule has 0 aliphatic rings. The Labute approximate surface area is 112 Å². The number of amides is 1. The Morgan fingerprint density at radius 2 is 1.94 bits per heavy atom. The first-order chi connectivity index (χ1) is 8.31. The molecule has 0 bridgehead atoms. The third kappa shape index (κ3) is 3.16. The Balaban J connectivity index is 2.20. The van der Waals surface area contributed by atoms with E-state index in [2.05, 4.69) is 24.4 Å². The van der Waals surface area contributed by atoms with Crippen molar-refractivity contribution in [3.8, 4) is 0 Å². The molecule has 1 aromatic heterocycles. The van der Waals surface area contributed by atoms with Crippen molar-refractivity contribution < 1.29 is 4.79 Å². The zero-order chi connectivity index (χ0) is 12.1. The van der Waals surface area contributed by atoms with Gasteiger partial charge in [-0.05, 0) is 0 Å². The van der Waals surface area contributed by atoms with Crippen LogP contribution in [0.25, 0.3) is 0 Å². The van der Waals surface area contributed by atoms with Gasteiger partial charge in [0.15, 0.2) is 0 Å². The number of nitrogens with one attached hydrogen (secondary N) is 1. The van der Waals surface area contributed by atoms with Gasteiger partial charge in [-0.1, -0.05) is 0 Å². The van der Waals surface area contributed by atoms with Crippen LogP contribution in [-0.4, -0.2) is 24.0 Å². The van der Waals surface area contributed by atoms with E-state index in [1.807, 2.05) is 30.3 Å². The van der Waals surface area contributed by atoms with Crippen molar-refractivity contribution in [2.75, 3.05) is 5.32 Å². The van der Waals surface area contributed by atoms with Gasteiger partial charge in [-0.2, -0.15) is 0 Å². The zero-order valence-corrected chi connectivity index (χ0v) is 12.1. The van der Waals surface area contributed by atoms with Crippen molar-refractivity contribution in [3.05, 3.63) is 54.2 Å². The number of carbonyl (C=O) groups excluding carboxylic acids is 1. The molecule has 0 saturated heterocycles. The van der Waals surface area contributed by atoms with E-state index in [1.54, 1.807) is 18.3 Å². The summed E-state index contributed by atoms with van der Waals surface area (Å²) in [6.45, 7) is 0. The summed E-state index contributed by atoms with van der Waals surface area (Å²) in [4.78, 5) is 16.2. The van der Waals surface area contributed by atoms with Crippen LogP contribution in [0.15, 0.2) is 48.7 Å². The SMILES string of the molecule is O=C(Nc1ccccc1)c1cccnc1[Se]Br. The molecular formula is C12H9BrN2OSe. The Morgan fingerprint density at radius 1 is 1.18 bits per heavy atom. The topological polar surface area (TPSA) is 42.0 Å². The summed E-state index contributed by atoms with van der Waals surface area (Å²) in [5.74, 6) is -0.124. The van der Waals surface area contributed by atoms with E-state index in [0.717, 1.165) is 10.3 Å². The Kier molecular flexibility index (Phi) is 4.31. The average molecular weight is 356 g/mol. The summed E-state index contributed by atoms with van der Waals surface area (Å²) in [6, 6.07) is 12.9. The number of rotatable bonds is 3. The van der Waals surface area contributed by atoms with Gasteiger partial charge in [0.2, 0.25) is 0 Å². The van der Waals surface area contributed by atoms with Crippen LogP contribution < -0.4 is 9.91 Å². The molecule has 0 spiro atoms. The van der Waals surface area contributed by atoms with Gasteiger partial charge in [0.05, 0.1) is 0 Å². The van der Waals surface area contributed by atoms with Crippen molar-refractivity contribution in [3.63, 3.8) is 0 Å². The van der Waals surface area contributed by atoms with Crippen molar-refractivity contribution in [1.29, 1.82) is 0 Å². The van der Waals surface area contributed by atoms with Gasteiger partial charge in [-0.15, -0.1) is 0 Å². The van der Waals surface area contributed by atoms with Crippen LogP contribution in [0.4, 0.5) is 5.69 Å². The Morgan fingerprint density at radius 3 is 2.65 bits per heavy atom. The van der Waals surface area contributed by atoms with Gasteiger partial charge in [0.25, 0.3) is 0 Å². The van der Waals surface area contributed by atoms with E-state index in [0.29, 0.717) is 5.56 Å². The molecule has 2 aromatic rings. The summed E-state index contributed by atoms with van der Waals surface area (Å²) in [5, 5.41) is 2.84. The molecule has 1 N–H and O–H groups in total. The number of pyridine rings is 1. The molecule has 17 heavy (non-hydrogen) atoms. The second kappa shape index (κ2) is 5.96. The van der Waals surface area contributed by atoms with Crippen molar-refractivity contribution in [1.82, 2.24) is 4.98 Å². The Hall–Kier alpha value is -1.16. The van der Waals surface area contributed by atoms with Crippen molar-refractivity contribution in [2.45, 2.75) is 0 Å². The molecule has 86 valence electrons. The molecular weight excluding hydrogens is 347 g/mol. The molecule has 1 heterocycles. The molecule has 0 aliphatic heterocycles. The first kappa shape index (κ1) is 12.3. The maximum atomic E-state index is 12.0. The third-order valence-corrected chi connectivity index (χ3v) is 4.70. The Bertz CT molecular complexity index is 519. The number of carbonyl (C=O) groups is 1. The number of halogens is 1. The van der Waals surface area contributed by atoms with Gasteiger partial charge < -0.3 is 0 Å². The van der Waals surface area contributed by atoms with E-state index in [4.69, 9.17) is 0 Å². The maximum absolute atomic E-state index is 12.0.